The monoisotopic (exact) mass is 513 g/mol. The maximum atomic E-state index is 6.56. The van der Waals surface area contributed by atoms with Crippen LogP contribution in [0.25, 0.3) is 0 Å². The molecule has 0 aliphatic rings. The van der Waals surface area contributed by atoms with E-state index in [1.165, 1.54) is 15.9 Å². The molecule has 0 saturated heterocycles. The van der Waals surface area contributed by atoms with Gasteiger partial charge in [0.15, 0.2) is 0 Å². The Morgan fingerprint density at radius 1 is 0.742 bits per heavy atom. The van der Waals surface area contributed by atoms with E-state index < -0.39 is 14.3 Å². The Bertz CT molecular complexity index is 855. The number of halogens is 1. The summed E-state index contributed by atoms with van der Waals surface area (Å²) < 4.78 is 6.56. The number of hydrogen-bond acceptors (Lipinski definition) is 1. The van der Waals surface area contributed by atoms with Crippen LogP contribution in [-0.2, 0) is 4.43 Å². The molecule has 165 valence electrons. The minimum atomic E-state index is -2.89. The summed E-state index contributed by atoms with van der Waals surface area (Å²) in [7, 11) is -0.795. The van der Waals surface area contributed by atoms with Crippen molar-refractivity contribution in [2.45, 2.75) is 46.4 Å². The zero-order chi connectivity index (χ0) is 22.6. The second kappa shape index (κ2) is 9.71. The molecular formula is C27H35BrOPSi. The van der Waals surface area contributed by atoms with Crippen molar-refractivity contribution >= 4 is 45.7 Å². The van der Waals surface area contributed by atoms with Crippen LogP contribution in [0.1, 0.15) is 27.2 Å². The molecular weight excluding hydrogens is 479 g/mol. The zero-order valence-corrected chi connectivity index (χ0v) is 22.9. The van der Waals surface area contributed by atoms with E-state index in [1.54, 1.807) is 0 Å². The van der Waals surface area contributed by atoms with Gasteiger partial charge in [0.2, 0.25) is 0 Å². The van der Waals surface area contributed by atoms with Crippen LogP contribution < -0.4 is 15.9 Å². The van der Waals surface area contributed by atoms with E-state index in [2.05, 4.69) is 140 Å². The predicted molar refractivity (Wildman–Crippen MR) is 145 cm³/mol. The second-order valence-corrected chi connectivity index (χ2v) is 20.7. The Hall–Kier alpha value is -1.25. The summed E-state index contributed by atoms with van der Waals surface area (Å²) in [6.07, 6.45) is 2.23. The van der Waals surface area contributed by atoms with Gasteiger partial charge in [-0.3, -0.25) is 0 Å². The third-order valence-electron chi connectivity index (χ3n) is 6.04. The molecule has 4 heteroatoms. The Morgan fingerprint density at radius 2 is 1.10 bits per heavy atom. The topological polar surface area (TPSA) is 9.23 Å². The fourth-order valence-electron chi connectivity index (χ4n) is 4.36. The number of rotatable bonds is 8. The van der Waals surface area contributed by atoms with Crippen molar-refractivity contribution in [3.05, 3.63) is 91.0 Å². The van der Waals surface area contributed by atoms with Crippen LogP contribution in [0.3, 0.4) is 0 Å². The first-order chi connectivity index (χ1) is 14.7. The third-order valence-corrected chi connectivity index (χ3v) is 16.8. The van der Waals surface area contributed by atoms with Gasteiger partial charge in [-0.05, 0) is 0 Å². The van der Waals surface area contributed by atoms with Gasteiger partial charge in [-0.15, -0.1) is 0 Å². The predicted octanol–water partition coefficient (Wildman–Crippen LogP) is 6.90. The summed E-state index contributed by atoms with van der Waals surface area (Å²) in [5.41, 5.74) is 0.0914. The molecule has 31 heavy (non-hydrogen) atoms. The van der Waals surface area contributed by atoms with Crippen LogP contribution in [-0.4, -0.2) is 21.3 Å². The van der Waals surface area contributed by atoms with Gasteiger partial charge in [-0.2, -0.15) is 0 Å². The molecule has 0 spiro atoms. The van der Waals surface area contributed by atoms with Gasteiger partial charge < -0.3 is 0 Å². The van der Waals surface area contributed by atoms with E-state index in [4.69, 9.17) is 4.43 Å². The van der Waals surface area contributed by atoms with Gasteiger partial charge in [0.25, 0.3) is 0 Å². The van der Waals surface area contributed by atoms with Crippen LogP contribution in [0.2, 0.25) is 13.1 Å². The van der Waals surface area contributed by atoms with Crippen LogP contribution in [0.5, 0.6) is 0 Å². The average Bonchev–Trinajstić information content (AvgIpc) is 2.77. The van der Waals surface area contributed by atoms with E-state index in [9.17, 15) is 0 Å². The number of benzene rings is 3. The average molecular weight is 515 g/mol. The molecule has 0 aromatic heterocycles. The molecule has 1 nitrogen and oxygen atoms in total. The van der Waals surface area contributed by atoms with E-state index in [1.807, 2.05) is 0 Å². The van der Waals surface area contributed by atoms with Crippen molar-refractivity contribution in [1.29, 1.82) is 0 Å². The van der Waals surface area contributed by atoms with Gasteiger partial charge in [0.05, 0.1) is 0 Å². The van der Waals surface area contributed by atoms with Crippen molar-refractivity contribution in [2.24, 2.45) is 5.41 Å². The third kappa shape index (κ3) is 5.06. The Labute approximate surface area is 198 Å². The van der Waals surface area contributed by atoms with Gasteiger partial charge in [0, 0.05) is 0 Å². The second-order valence-electron chi connectivity index (χ2n) is 9.58. The van der Waals surface area contributed by atoms with Crippen LogP contribution >= 0.6 is 20.8 Å². The van der Waals surface area contributed by atoms with Crippen LogP contribution in [0, 0.1) is 5.41 Å². The first-order valence-electron chi connectivity index (χ1n) is 11.0. The van der Waals surface area contributed by atoms with E-state index in [-0.39, 0.29) is 11.5 Å². The molecule has 0 heterocycles. The van der Waals surface area contributed by atoms with E-state index in [0.29, 0.717) is 0 Å². The summed E-state index contributed by atoms with van der Waals surface area (Å²) in [6.45, 7) is 11.4. The Kier molecular flexibility index (Phi) is 7.64. The van der Waals surface area contributed by atoms with Gasteiger partial charge in [-0.25, -0.2) is 0 Å². The molecule has 0 aliphatic heterocycles. The standard InChI is InChI=1S/C27H35BrOPSi/c1-27(2,3)26(29-31(4)5)21-22-30(28,23-15-9-6-10-16-23,24-17-11-7-12-18-24)25-19-13-8-14-20-25/h6-20,26H,21-22H2,1-5H3. The molecule has 0 amide bonds. The molecule has 0 N–H and O–H groups in total. The Balaban J connectivity index is 2.23. The summed E-state index contributed by atoms with van der Waals surface area (Å²) in [4.78, 5) is 0. The summed E-state index contributed by atoms with van der Waals surface area (Å²) in [6, 6.07) is 33.1. The molecule has 0 bridgehead atoms. The van der Waals surface area contributed by atoms with Gasteiger partial charge in [-0.1, -0.05) is 0 Å². The van der Waals surface area contributed by atoms with Crippen molar-refractivity contribution in [1.82, 2.24) is 0 Å². The first-order valence-corrected chi connectivity index (χ1v) is 17.9. The Morgan fingerprint density at radius 3 is 1.39 bits per heavy atom. The summed E-state index contributed by atoms with van der Waals surface area (Å²) in [5, 5.41) is 1.23. The fourth-order valence-corrected chi connectivity index (χ4v) is 12.9. The fraction of sp³-hybridized carbons (Fsp3) is 0.333. The first kappa shape index (κ1) is 24.4. The van der Waals surface area contributed by atoms with Gasteiger partial charge in [0.1, 0.15) is 0 Å². The molecule has 1 unspecified atom stereocenters. The van der Waals surface area contributed by atoms with Crippen LogP contribution in [0.4, 0.5) is 0 Å². The normalized spacial score (nSPS) is 14.7. The van der Waals surface area contributed by atoms with Crippen molar-refractivity contribution in [3.8, 4) is 0 Å². The van der Waals surface area contributed by atoms with Crippen LogP contribution in [0.15, 0.2) is 91.0 Å². The molecule has 3 rings (SSSR count). The molecule has 3 aromatic rings. The van der Waals surface area contributed by atoms with Crippen molar-refractivity contribution < 1.29 is 4.43 Å². The molecule has 1 atom stereocenters. The summed E-state index contributed by atoms with van der Waals surface area (Å²) >= 11 is 4.56. The van der Waals surface area contributed by atoms with Crippen molar-refractivity contribution in [2.75, 3.05) is 6.16 Å². The number of hydrogen-bond donors (Lipinski definition) is 0. The molecule has 1 radical (unpaired) electrons. The van der Waals surface area contributed by atoms with E-state index in [0.717, 1.165) is 12.6 Å². The zero-order valence-electron chi connectivity index (χ0n) is 19.4. The van der Waals surface area contributed by atoms with E-state index >= 15 is 0 Å². The minimum absolute atomic E-state index is 0.0914. The molecule has 0 saturated carbocycles. The molecule has 3 aromatic carbocycles. The summed E-state index contributed by atoms with van der Waals surface area (Å²) in [5.74, 6) is 0. The maximum absolute atomic E-state index is 6.56. The quantitative estimate of drug-likeness (QED) is 0.235. The molecule has 0 aliphatic carbocycles. The molecule has 0 fully saturated rings. The SMILES string of the molecule is C[Si](C)OC(CCP(Br)(c1ccccc1)(c1ccccc1)c1ccccc1)C(C)(C)C. The van der Waals surface area contributed by atoms with Gasteiger partial charge >= 0.3 is 199 Å². The van der Waals surface area contributed by atoms with Crippen molar-refractivity contribution in [3.63, 3.8) is 0 Å².